The van der Waals surface area contributed by atoms with Crippen molar-refractivity contribution in [1.82, 2.24) is 4.98 Å². The van der Waals surface area contributed by atoms with Crippen LogP contribution < -0.4 is 10.6 Å². The van der Waals surface area contributed by atoms with E-state index in [1.165, 1.54) is 7.05 Å². The zero-order chi connectivity index (χ0) is 15.6. The number of halogens is 4. The Balaban J connectivity index is 2.42. The summed E-state index contributed by atoms with van der Waals surface area (Å²) in [4.78, 5) is 4.07. The summed E-state index contributed by atoms with van der Waals surface area (Å²) >= 11 is 5.99. The van der Waals surface area contributed by atoms with Gasteiger partial charge in [0.1, 0.15) is 11.6 Å². The molecule has 0 radical (unpaired) electrons. The van der Waals surface area contributed by atoms with E-state index in [9.17, 15) is 13.2 Å². The first-order chi connectivity index (χ1) is 9.81. The summed E-state index contributed by atoms with van der Waals surface area (Å²) in [7, 11) is 1.51. The van der Waals surface area contributed by atoms with Crippen LogP contribution in [0.3, 0.4) is 0 Å². The average molecular weight is 316 g/mol. The third-order valence-corrected chi connectivity index (χ3v) is 3.35. The second-order valence-electron chi connectivity index (χ2n) is 4.41. The maximum Gasteiger partial charge on any atom is 0.416 e. The van der Waals surface area contributed by atoms with Crippen molar-refractivity contribution in [3.8, 4) is 0 Å². The van der Waals surface area contributed by atoms with Crippen LogP contribution in [0.4, 0.5) is 30.5 Å². The summed E-state index contributed by atoms with van der Waals surface area (Å²) in [5, 5.41) is 6.01. The number of hydrogen-bond acceptors (Lipinski definition) is 3. The molecule has 0 saturated heterocycles. The maximum absolute atomic E-state index is 12.9. The first-order valence-corrected chi connectivity index (χ1v) is 6.48. The summed E-state index contributed by atoms with van der Waals surface area (Å²) in [6, 6.07) is 7.06. The molecular weight excluding hydrogens is 303 g/mol. The van der Waals surface area contributed by atoms with Crippen LogP contribution in [0.2, 0.25) is 5.02 Å². The topological polar surface area (TPSA) is 37.0 Å². The summed E-state index contributed by atoms with van der Waals surface area (Å²) in [6.45, 7) is 1.78. The molecule has 7 heteroatoms. The molecule has 0 amide bonds. The Kier molecular flexibility index (Phi) is 4.27. The Hall–Kier alpha value is -1.95. The number of alkyl halides is 3. The lowest BCUT2D eigenvalue weighted by Crippen LogP contribution is -2.08. The van der Waals surface area contributed by atoms with E-state index in [-0.39, 0.29) is 11.6 Å². The molecule has 2 rings (SSSR count). The fourth-order valence-electron chi connectivity index (χ4n) is 1.77. The van der Waals surface area contributed by atoms with Crippen LogP contribution in [-0.2, 0) is 6.18 Å². The summed E-state index contributed by atoms with van der Waals surface area (Å²) in [6.07, 6.45) is -4.44. The summed E-state index contributed by atoms with van der Waals surface area (Å²) < 4.78 is 38.6. The van der Waals surface area contributed by atoms with Crippen LogP contribution in [0.1, 0.15) is 11.1 Å². The van der Waals surface area contributed by atoms with Gasteiger partial charge < -0.3 is 10.6 Å². The molecule has 2 N–H and O–H groups in total. The Morgan fingerprint density at radius 1 is 1.14 bits per heavy atom. The molecule has 0 aliphatic heterocycles. The molecule has 1 aromatic carbocycles. The molecule has 3 nitrogen and oxygen atoms in total. The molecule has 2 aromatic rings. The molecule has 1 heterocycles. The highest BCUT2D eigenvalue weighted by molar-refractivity contribution is 6.31. The van der Waals surface area contributed by atoms with E-state index in [1.807, 2.05) is 0 Å². The molecule has 0 aliphatic carbocycles. The fourth-order valence-corrected chi connectivity index (χ4v) is 1.94. The van der Waals surface area contributed by atoms with Crippen molar-refractivity contribution in [2.24, 2.45) is 0 Å². The van der Waals surface area contributed by atoms with Gasteiger partial charge in [-0.25, -0.2) is 4.98 Å². The van der Waals surface area contributed by atoms with Crippen molar-refractivity contribution >= 4 is 28.9 Å². The predicted molar refractivity (Wildman–Crippen MR) is 78.3 cm³/mol. The van der Waals surface area contributed by atoms with E-state index in [0.717, 1.165) is 17.7 Å². The summed E-state index contributed by atoms with van der Waals surface area (Å²) in [5.74, 6) is 0.228. The number of nitrogens with zero attached hydrogens (tertiary/aromatic N) is 1. The minimum Gasteiger partial charge on any atom is -0.373 e. The Labute approximate surface area is 125 Å². The van der Waals surface area contributed by atoms with Gasteiger partial charge in [-0.3, -0.25) is 0 Å². The lowest BCUT2D eigenvalue weighted by Gasteiger charge is -2.14. The van der Waals surface area contributed by atoms with Crippen LogP contribution in [0.15, 0.2) is 30.3 Å². The Morgan fingerprint density at radius 2 is 1.81 bits per heavy atom. The van der Waals surface area contributed by atoms with Gasteiger partial charge in [-0.15, -0.1) is 0 Å². The largest absolute Gasteiger partial charge is 0.416 e. The van der Waals surface area contributed by atoms with Gasteiger partial charge in [0.15, 0.2) is 0 Å². The molecule has 0 unspecified atom stereocenters. The van der Waals surface area contributed by atoms with E-state index < -0.39 is 11.7 Å². The number of aromatic nitrogens is 1. The van der Waals surface area contributed by atoms with Crippen molar-refractivity contribution in [3.63, 3.8) is 0 Å². The van der Waals surface area contributed by atoms with Crippen molar-refractivity contribution in [2.45, 2.75) is 13.1 Å². The van der Waals surface area contributed by atoms with Crippen molar-refractivity contribution in [2.75, 3.05) is 17.7 Å². The summed E-state index contributed by atoms with van der Waals surface area (Å²) in [5.41, 5.74) is 0.574. The molecule has 0 bridgehead atoms. The quantitative estimate of drug-likeness (QED) is 0.850. The van der Waals surface area contributed by atoms with Crippen molar-refractivity contribution in [3.05, 3.63) is 46.5 Å². The lowest BCUT2D eigenvalue weighted by molar-refractivity contribution is -0.137. The van der Waals surface area contributed by atoms with Gasteiger partial charge in [0.2, 0.25) is 0 Å². The number of hydrogen-bond donors (Lipinski definition) is 2. The minimum absolute atomic E-state index is 0.0968. The van der Waals surface area contributed by atoms with E-state index in [0.29, 0.717) is 10.7 Å². The normalized spacial score (nSPS) is 11.3. The molecule has 0 saturated carbocycles. The predicted octanol–water partition coefficient (Wildman–Crippen LogP) is 4.85. The number of anilines is 3. The first kappa shape index (κ1) is 15.4. The van der Waals surface area contributed by atoms with Gasteiger partial charge in [0, 0.05) is 17.8 Å². The molecule has 21 heavy (non-hydrogen) atoms. The zero-order valence-electron chi connectivity index (χ0n) is 11.3. The van der Waals surface area contributed by atoms with E-state index in [1.54, 1.807) is 25.1 Å². The fraction of sp³-hybridized carbons (Fsp3) is 0.214. The lowest BCUT2D eigenvalue weighted by atomic mass is 10.2. The molecule has 0 aliphatic rings. The van der Waals surface area contributed by atoms with Gasteiger partial charge in [0.05, 0.1) is 5.56 Å². The van der Waals surface area contributed by atoms with Gasteiger partial charge in [0.25, 0.3) is 0 Å². The molecule has 112 valence electrons. The highest BCUT2D eigenvalue weighted by Gasteiger charge is 2.31. The average Bonchev–Trinajstić information content (AvgIpc) is 2.42. The van der Waals surface area contributed by atoms with Crippen LogP contribution in [0.5, 0.6) is 0 Å². The van der Waals surface area contributed by atoms with E-state index in [4.69, 9.17) is 11.6 Å². The van der Waals surface area contributed by atoms with Crippen molar-refractivity contribution in [1.29, 1.82) is 0 Å². The standard InChI is InChI=1S/C14H13ClF3N3/c1-8-10(15)4-3-5-11(8)20-13-7-9(14(16,17)18)6-12(19-2)21-13/h3-7H,1-2H3,(H2,19,20,21). The van der Waals surface area contributed by atoms with Gasteiger partial charge in [-0.05, 0) is 36.8 Å². The Morgan fingerprint density at radius 3 is 2.43 bits per heavy atom. The van der Waals surface area contributed by atoms with Gasteiger partial charge in [-0.1, -0.05) is 17.7 Å². The second kappa shape index (κ2) is 5.81. The molecule has 0 spiro atoms. The number of benzene rings is 1. The molecular formula is C14H13ClF3N3. The van der Waals surface area contributed by atoms with Crippen LogP contribution in [0, 0.1) is 6.92 Å². The highest BCUT2D eigenvalue weighted by Crippen LogP contribution is 2.33. The van der Waals surface area contributed by atoms with E-state index in [2.05, 4.69) is 15.6 Å². The van der Waals surface area contributed by atoms with E-state index >= 15 is 0 Å². The number of rotatable bonds is 3. The van der Waals surface area contributed by atoms with Crippen LogP contribution in [0.25, 0.3) is 0 Å². The SMILES string of the molecule is CNc1cc(C(F)(F)F)cc(Nc2cccc(Cl)c2C)n1. The Bertz CT molecular complexity index is 656. The highest BCUT2D eigenvalue weighted by atomic mass is 35.5. The molecule has 0 fully saturated rings. The minimum atomic E-state index is -4.44. The first-order valence-electron chi connectivity index (χ1n) is 6.10. The third kappa shape index (κ3) is 3.58. The van der Waals surface area contributed by atoms with Gasteiger partial charge in [-0.2, -0.15) is 13.2 Å². The van der Waals surface area contributed by atoms with Crippen molar-refractivity contribution < 1.29 is 13.2 Å². The maximum atomic E-state index is 12.9. The number of pyridine rings is 1. The second-order valence-corrected chi connectivity index (χ2v) is 4.82. The monoisotopic (exact) mass is 315 g/mol. The third-order valence-electron chi connectivity index (χ3n) is 2.94. The zero-order valence-corrected chi connectivity index (χ0v) is 12.1. The molecule has 0 atom stereocenters. The smallest absolute Gasteiger partial charge is 0.373 e. The van der Waals surface area contributed by atoms with Crippen LogP contribution in [-0.4, -0.2) is 12.0 Å². The van der Waals surface area contributed by atoms with Gasteiger partial charge >= 0.3 is 6.18 Å². The number of nitrogens with one attached hydrogen (secondary N) is 2. The molecule has 1 aromatic heterocycles. The van der Waals surface area contributed by atoms with Crippen LogP contribution >= 0.6 is 11.6 Å².